The van der Waals surface area contributed by atoms with Gasteiger partial charge in [-0.15, -0.1) is 0 Å². The molecule has 0 bridgehead atoms. The Morgan fingerprint density at radius 3 is 1.34 bits per heavy atom. The molecule has 0 aliphatic rings. The molecule has 0 fully saturated rings. The molecule has 2 heterocycles. The Kier molecular flexibility index (Phi) is 9.35. The third kappa shape index (κ3) is 6.60. The van der Waals surface area contributed by atoms with Gasteiger partial charge in [0.15, 0.2) is 0 Å². The fraction of sp³-hybridized carbons (Fsp3) is 0.109. The van der Waals surface area contributed by atoms with Gasteiger partial charge in [0, 0.05) is 27.1 Å². The maximum Gasteiger partial charge on any atom is 0.417 e. The van der Waals surface area contributed by atoms with E-state index in [1.165, 1.54) is 12.1 Å². The zero-order valence-corrected chi connectivity index (χ0v) is 35.0. The first kappa shape index (κ1) is 40.5. The van der Waals surface area contributed by atoms with Gasteiger partial charge in [-0.05, 0) is 121 Å². The molecule has 9 heteroatoms. The number of alkyl halides is 6. The lowest BCUT2D eigenvalue weighted by atomic mass is 9.92. The maximum atomic E-state index is 15.5. The third-order valence-corrected chi connectivity index (χ3v) is 12.4. The first-order chi connectivity index (χ1) is 30.6. The van der Waals surface area contributed by atoms with Crippen LogP contribution in [-0.2, 0) is 12.4 Å². The van der Waals surface area contributed by atoms with Crippen LogP contribution in [0.25, 0.3) is 88.4 Å². The van der Waals surface area contributed by atoms with Gasteiger partial charge < -0.3 is 9.13 Å². The van der Waals surface area contributed by atoms with Crippen molar-refractivity contribution in [2.75, 3.05) is 0 Å². The van der Waals surface area contributed by atoms with Crippen molar-refractivity contribution in [1.29, 1.82) is 5.26 Å². The van der Waals surface area contributed by atoms with Crippen molar-refractivity contribution in [2.45, 2.75) is 40.0 Å². The molecular weight excluding hydrogens is 817 g/mol. The van der Waals surface area contributed by atoms with Crippen molar-refractivity contribution in [3.8, 4) is 50.8 Å². The van der Waals surface area contributed by atoms with Gasteiger partial charge in [0.1, 0.15) is 0 Å². The number of para-hydroxylation sites is 2. The van der Waals surface area contributed by atoms with Crippen LogP contribution in [0.3, 0.4) is 0 Å². The largest absolute Gasteiger partial charge is 0.417 e. The standard InChI is InChI=1S/C55H37F6N3/c1-31-13-18-39(33(3)23-31)36-15-20-43-41-9-5-7-11-47(41)63(49(43)27-36)51-25-35(30-62)26-52(53(51)45-29-38(54(56,57)58)17-22-46(45)55(59,60)61)64-48-12-8-6-10-42(48)44-21-16-37(28-50(44)64)40-19-14-32(2)24-34(40)4/h5-29H,1-4H3. The van der Waals surface area contributed by atoms with E-state index >= 15 is 13.2 Å². The van der Waals surface area contributed by atoms with E-state index in [9.17, 15) is 18.4 Å². The Bertz CT molecular complexity index is 3410. The van der Waals surface area contributed by atoms with Crippen molar-refractivity contribution < 1.29 is 26.3 Å². The minimum Gasteiger partial charge on any atom is -0.308 e. The van der Waals surface area contributed by atoms with Crippen LogP contribution in [0.5, 0.6) is 0 Å². The second-order valence-electron chi connectivity index (χ2n) is 16.6. The molecule has 0 N–H and O–H groups in total. The predicted molar refractivity (Wildman–Crippen MR) is 245 cm³/mol. The van der Waals surface area contributed by atoms with Crippen molar-refractivity contribution in [1.82, 2.24) is 9.13 Å². The minimum atomic E-state index is -5.07. The molecule has 0 aliphatic carbocycles. The van der Waals surface area contributed by atoms with E-state index in [4.69, 9.17) is 0 Å². The summed E-state index contributed by atoms with van der Waals surface area (Å²) in [5.41, 5.74) is 7.16. The summed E-state index contributed by atoms with van der Waals surface area (Å²) in [5.74, 6) is 0. The summed E-state index contributed by atoms with van der Waals surface area (Å²) in [6.45, 7) is 8.02. The van der Waals surface area contributed by atoms with Gasteiger partial charge in [-0.3, -0.25) is 0 Å². The number of nitrogens with zero attached hydrogens (tertiary/aromatic N) is 3. The van der Waals surface area contributed by atoms with Gasteiger partial charge in [0.2, 0.25) is 0 Å². The predicted octanol–water partition coefficient (Wildman–Crippen LogP) is 16.0. The Morgan fingerprint density at radius 1 is 0.438 bits per heavy atom. The number of halogens is 6. The van der Waals surface area contributed by atoms with Crippen LogP contribution in [0.1, 0.15) is 38.9 Å². The van der Waals surface area contributed by atoms with Crippen molar-refractivity contribution in [3.05, 3.63) is 191 Å². The van der Waals surface area contributed by atoms with Crippen molar-refractivity contribution in [2.24, 2.45) is 0 Å². The highest BCUT2D eigenvalue weighted by atomic mass is 19.4. The fourth-order valence-electron chi connectivity index (χ4n) is 9.55. The molecule has 0 unspecified atom stereocenters. The Morgan fingerprint density at radius 2 is 0.906 bits per heavy atom. The van der Waals surface area contributed by atoms with Gasteiger partial charge in [-0.25, -0.2) is 0 Å². The SMILES string of the molecule is Cc1ccc(-c2ccc3c4ccccc4n(-c4cc(C#N)cc(-n5c6ccccc6c6ccc(-c7ccc(C)cc7C)cc65)c4-c4cc(C(F)(F)F)ccc4C(F)(F)F)c3c2)c(C)c1. The molecule has 0 saturated carbocycles. The van der Waals surface area contributed by atoms with Gasteiger partial charge in [-0.1, -0.05) is 108 Å². The molecular formula is C55H37F6N3. The van der Waals surface area contributed by atoms with Crippen molar-refractivity contribution in [3.63, 3.8) is 0 Å². The fourth-order valence-corrected chi connectivity index (χ4v) is 9.55. The van der Waals surface area contributed by atoms with Gasteiger partial charge >= 0.3 is 12.4 Å². The molecule has 0 saturated heterocycles. The summed E-state index contributed by atoms with van der Waals surface area (Å²) in [7, 11) is 0. The van der Waals surface area contributed by atoms with Crippen LogP contribution in [0.2, 0.25) is 0 Å². The zero-order valence-electron chi connectivity index (χ0n) is 35.0. The minimum absolute atomic E-state index is 0.0993. The second kappa shape index (κ2) is 14.8. The van der Waals surface area contributed by atoms with Crippen molar-refractivity contribution >= 4 is 43.6 Å². The molecule has 0 amide bonds. The first-order valence-corrected chi connectivity index (χ1v) is 20.7. The van der Waals surface area contributed by atoms with Crippen LogP contribution in [0, 0.1) is 39.0 Å². The lowest BCUT2D eigenvalue weighted by Crippen LogP contribution is -2.13. The van der Waals surface area contributed by atoms with Gasteiger partial charge in [-0.2, -0.15) is 31.6 Å². The molecule has 2 aromatic heterocycles. The maximum absolute atomic E-state index is 15.5. The molecule has 8 aromatic carbocycles. The third-order valence-electron chi connectivity index (χ3n) is 12.4. The molecule has 0 radical (unpaired) electrons. The highest BCUT2D eigenvalue weighted by Crippen LogP contribution is 2.48. The van der Waals surface area contributed by atoms with E-state index in [1.54, 1.807) is 9.13 Å². The second-order valence-corrected chi connectivity index (χ2v) is 16.6. The molecule has 314 valence electrons. The summed E-state index contributed by atoms with van der Waals surface area (Å²) >= 11 is 0. The smallest absolute Gasteiger partial charge is 0.308 e. The number of fused-ring (bicyclic) bond motifs is 6. The average molecular weight is 854 g/mol. The van der Waals surface area contributed by atoms with Crippen LogP contribution < -0.4 is 0 Å². The molecule has 10 aromatic rings. The monoisotopic (exact) mass is 853 g/mol. The van der Waals surface area contributed by atoms with Crippen LogP contribution in [-0.4, -0.2) is 9.13 Å². The Balaban J connectivity index is 1.42. The lowest BCUT2D eigenvalue weighted by molar-refractivity contribution is -0.141. The number of rotatable bonds is 5. The first-order valence-electron chi connectivity index (χ1n) is 20.7. The molecule has 0 spiro atoms. The molecule has 0 atom stereocenters. The topological polar surface area (TPSA) is 33.6 Å². The summed E-state index contributed by atoms with van der Waals surface area (Å²) in [6, 6.07) is 45.7. The molecule has 0 aliphatic heterocycles. The van der Waals surface area contributed by atoms with Gasteiger partial charge in [0.05, 0.1) is 56.2 Å². The van der Waals surface area contributed by atoms with E-state index in [-0.39, 0.29) is 22.5 Å². The number of nitriles is 1. The average Bonchev–Trinajstić information content (AvgIpc) is 3.77. The summed E-state index contributed by atoms with van der Waals surface area (Å²) < 4.78 is 94.6. The number of hydrogen-bond donors (Lipinski definition) is 0. The van der Waals surface area contributed by atoms with Crippen LogP contribution in [0.4, 0.5) is 26.3 Å². The highest BCUT2D eigenvalue weighted by Gasteiger charge is 2.39. The zero-order chi connectivity index (χ0) is 44.8. The van der Waals surface area contributed by atoms with E-state index in [1.807, 2.05) is 137 Å². The van der Waals surface area contributed by atoms with Crippen LogP contribution in [0.15, 0.2) is 152 Å². The van der Waals surface area contributed by atoms with Gasteiger partial charge in [0.25, 0.3) is 0 Å². The lowest BCUT2D eigenvalue weighted by Gasteiger charge is -2.24. The summed E-state index contributed by atoms with van der Waals surface area (Å²) in [5, 5.41) is 13.9. The normalized spacial score (nSPS) is 12.2. The van der Waals surface area contributed by atoms with E-state index < -0.39 is 29.0 Å². The Labute approximate surface area is 364 Å². The Hall–Kier alpha value is -7.57. The van der Waals surface area contributed by atoms with E-state index in [2.05, 4.69) is 18.2 Å². The van der Waals surface area contributed by atoms with E-state index in [0.29, 0.717) is 40.3 Å². The number of aryl methyl sites for hydroxylation is 4. The summed E-state index contributed by atoms with van der Waals surface area (Å²) in [6.07, 6.45) is -10.1. The number of aromatic nitrogens is 2. The highest BCUT2D eigenvalue weighted by molar-refractivity contribution is 6.13. The molecule has 64 heavy (non-hydrogen) atoms. The van der Waals surface area contributed by atoms with E-state index in [0.717, 1.165) is 66.1 Å². The quantitative estimate of drug-likeness (QED) is 0.159. The number of benzene rings is 8. The molecule has 3 nitrogen and oxygen atoms in total. The summed E-state index contributed by atoms with van der Waals surface area (Å²) in [4.78, 5) is 0. The van der Waals surface area contributed by atoms with Crippen LogP contribution >= 0.6 is 0 Å². The number of hydrogen-bond acceptors (Lipinski definition) is 1. The molecule has 10 rings (SSSR count).